The van der Waals surface area contributed by atoms with E-state index in [0.717, 1.165) is 30.5 Å². The van der Waals surface area contributed by atoms with Crippen LogP contribution in [0, 0.1) is 5.92 Å². The minimum Gasteiger partial charge on any atom is -0.338 e. The highest BCUT2D eigenvalue weighted by molar-refractivity contribution is 7.99. The van der Waals surface area contributed by atoms with Crippen molar-refractivity contribution in [2.75, 3.05) is 25.9 Å². The lowest BCUT2D eigenvalue weighted by atomic mass is 9.97. The average Bonchev–Trinajstić information content (AvgIpc) is 2.52. The lowest BCUT2D eigenvalue weighted by molar-refractivity contribution is 0.0676. The van der Waals surface area contributed by atoms with Gasteiger partial charge in [0.1, 0.15) is 0 Å². The standard InChI is InChI=1S/C17H26N2O3S2/c1-13(2)23-16-8-6-15(7-9-16)17(20)19-10-4-5-14(12-19)11-18-24(3,21)22/h6-9,13-14,18H,4-5,10-12H2,1-3H3/t14-/m1/s1. The third kappa shape index (κ3) is 6.11. The number of sulfonamides is 1. The van der Waals surface area contributed by atoms with Crippen molar-refractivity contribution in [1.82, 2.24) is 9.62 Å². The minimum absolute atomic E-state index is 0.0279. The number of hydrogen-bond donors (Lipinski definition) is 1. The number of hydrogen-bond acceptors (Lipinski definition) is 4. The Hall–Kier alpha value is -1.05. The monoisotopic (exact) mass is 370 g/mol. The van der Waals surface area contributed by atoms with Crippen LogP contribution >= 0.6 is 11.8 Å². The van der Waals surface area contributed by atoms with Crippen LogP contribution in [0.15, 0.2) is 29.2 Å². The average molecular weight is 371 g/mol. The number of benzene rings is 1. The van der Waals surface area contributed by atoms with Crippen LogP contribution in [0.2, 0.25) is 0 Å². The van der Waals surface area contributed by atoms with Crippen molar-refractivity contribution in [1.29, 1.82) is 0 Å². The van der Waals surface area contributed by atoms with Crippen LogP contribution < -0.4 is 4.72 Å². The van der Waals surface area contributed by atoms with Crippen molar-refractivity contribution in [3.8, 4) is 0 Å². The van der Waals surface area contributed by atoms with E-state index in [-0.39, 0.29) is 11.8 Å². The molecule has 2 rings (SSSR count). The molecule has 1 aliphatic heterocycles. The second-order valence-corrected chi connectivity index (χ2v) is 10.1. The lowest BCUT2D eigenvalue weighted by Crippen LogP contribution is -2.43. The zero-order chi connectivity index (χ0) is 17.7. The molecular weight excluding hydrogens is 344 g/mol. The number of rotatable bonds is 6. The van der Waals surface area contributed by atoms with Crippen molar-refractivity contribution in [2.24, 2.45) is 5.92 Å². The first-order valence-electron chi connectivity index (χ1n) is 8.25. The third-order valence-electron chi connectivity index (χ3n) is 3.91. The highest BCUT2D eigenvalue weighted by Crippen LogP contribution is 2.24. The topological polar surface area (TPSA) is 66.5 Å². The van der Waals surface area contributed by atoms with Gasteiger partial charge in [-0.1, -0.05) is 13.8 Å². The zero-order valence-electron chi connectivity index (χ0n) is 14.5. The Kier molecular flexibility index (Phi) is 6.71. The Bertz CT molecular complexity index is 657. The van der Waals surface area contributed by atoms with E-state index in [1.165, 1.54) is 0 Å². The molecule has 1 aromatic rings. The van der Waals surface area contributed by atoms with Gasteiger partial charge in [0.15, 0.2) is 0 Å². The molecule has 1 atom stereocenters. The van der Waals surface area contributed by atoms with Crippen molar-refractivity contribution in [3.05, 3.63) is 29.8 Å². The smallest absolute Gasteiger partial charge is 0.253 e. The number of nitrogens with zero attached hydrogens (tertiary/aromatic N) is 1. The summed E-state index contributed by atoms with van der Waals surface area (Å²) < 4.78 is 25.0. The summed E-state index contributed by atoms with van der Waals surface area (Å²) in [6.07, 6.45) is 3.01. The van der Waals surface area contributed by atoms with Crippen LogP contribution in [-0.4, -0.2) is 50.4 Å². The Morgan fingerprint density at radius 3 is 2.58 bits per heavy atom. The second-order valence-electron chi connectivity index (χ2n) is 6.57. The first kappa shape index (κ1) is 19.3. The normalized spacial score (nSPS) is 18.8. The molecule has 5 nitrogen and oxygen atoms in total. The molecule has 1 N–H and O–H groups in total. The van der Waals surface area contributed by atoms with Gasteiger partial charge in [0.2, 0.25) is 10.0 Å². The number of carbonyl (C=O) groups is 1. The molecule has 0 spiro atoms. The fraction of sp³-hybridized carbons (Fsp3) is 0.588. The molecule has 0 radical (unpaired) electrons. The largest absolute Gasteiger partial charge is 0.338 e. The molecule has 1 fully saturated rings. The van der Waals surface area contributed by atoms with E-state index in [1.807, 2.05) is 29.2 Å². The molecule has 0 bridgehead atoms. The summed E-state index contributed by atoms with van der Waals surface area (Å²) in [5.41, 5.74) is 0.694. The molecule has 0 saturated carbocycles. The highest BCUT2D eigenvalue weighted by Gasteiger charge is 2.25. The van der Waals surface area contributed by atoms with Gasteiger partial charge >= 0.3 is 0 Å². The lowest BCUT2D eigenvalue weighted by Gasteiger charge is -2.32. The first-order chi connectivity index (χ1) is 11.2. The molecule has 0 aliphatic carbocycles. The third-order valence-corrected chi connectivity index (χ3v) is 5.62. The molecule has 7 heteroatoms. The summed E-state index contributed by atoms with van der Waals surface area (Å²) in [6, 6.07) is 7.74. The van der Waals surface area contributed by atoms with Crippen LogP contribution in [-0.2, 0) is 10.0 Å². The van der Waals surface area contributed by atoms with Crippen LogP contribution in [0.3, 0.4) is 0 Å². The van der Waals surface area contributed by atoms with Crippen LogP contribution in [0.1, 0.15) is 37.0 Å². The Labute approximate surface area is 149 Å². The van der Waals surface area contributed by atoms with E-state index in [1.54, 1.807) is 11.8 Å². The van der Waals surface area contributed by atoms with E-state index in [9.17, 15) is 13.2 Å². The van der Waals surface area contributed by atoms with Gasteiger partial charge in [-0.3, -0.25) is 4.79 Å². The van der Waals surface area contributed by atoms with E-state index < -0.39 is 10.0 Å². The maximum atomic E-state index is 12.7. The molecule has 0 unspecified atom stereocenters. The van der Waals surface area contributed by atoms with Gasteiger partial charge in [-0.25, -0.2) is 13.1 Å². The highest BCUT2D eigenvalue weighted by atomic mass is 32.2. The minimum atomic E-state index is -3.18. The van der Waals surface area contributed by atoms with Gasteiger partial charge in [0.25, 0.3) is 5.91 Å². The number of thioether (sulfide) groups is 1. The molecule has 0 aromatic heterocycles. The summed E-state index contributed by atoms with van der Waals surface area (Å²) >= 11 is 1.77. The number of likely N-dealkylation sites (tertiary alicyclic amines) is 1. The van der Waals surface area contributed by atoms with E-state index in [2.05, 4.69) is 18.6 Å². The quantitative estimate of drug-likeness (QED) is 0.782. The first-order valence-corrected chi connectivity index (χ1v) is 11.0. The van der Waals surface area contributed by atoms with Gasteiger partial charge in [0, 0.05) is 35.3 Å². The Morgan fingerprint density at radius 1 is 1.33 bits per heavy atom. The van der Waals surface area contributed by atoms with Crippen LogP contribution in [0.5, 0.6) is 0 Å². The molecule has 24 heavy (non-hydrogen) atoms. The van der Waals surface area contributed by atoms with Gasteiger partial charge < -0.3 is 4.90 Å². The predicted octanol–water partition coefficient (Wildman–Crippen LogP) is 2.59. The van der Waals surface area contributed by atoms with Crippen molar-refractivity contribution in [2.45, 2.75) is 36.8 Å². The molecule has 1 heterocycles. The van der Waals surface area contributed by atoms with E-state index in [0.29, 0.717) is 23.9 Å². The van der Waals surface area contributed by atoms with Crippen molar-refractivity contribution < 1.29 is 13.2 Å². The Balaban J connectivity index is 1.96. The van der Waals surface area contributed by atoms with E-state index >= 15 is 0 Å². The Morgan fingerprint density at radius 2 is 2.00 bits per heavy atom. The zero-order valence-corrected chi connectivity index (χ0v) is 16.1. The molecule has 1 aliphatic rings. The summed E-state index contributed by atoms with van der Waals surface area (Å²) in [5, 5.41) is 0.511. The fourth-order valence-electron chi connectivity index (χ4n) is 2.82. The number of carbonyl (C=O) groups excluding carboxylic acids is 1. The van der Waals surface area contributed by atoms with Gasteiger partial charge in [-0.15, -0.1) is 11.8 Å². The van der Waals surface area contributed by atoms with E-state index in [4.69, 9.17) is 0 Å². The predicted molar refractivity (Wildman–Crippen MR) is 98.9 cm³/mol. The summed E-state index contributed by atoms with van der Waals surface area (Å²) in [7, 11) is -3.18. The number of nitrogens with one attached hydrogen (secondary N) is 1. The van der Waals surface area contributed by atoms with Gasteiger partial charge in [-0.05, 0) is 43.0 Å². The number of amides is 1. The molecule has 1 amide bonds. The van der Waals surface area contributed by atoms with Gasteiger partial charge in [0.05, 0.1) is 6.26 Å². The summed E-state index contributed by atoms with van der Waals surface area (Å²) in [5.74, 6) is 0.202. The van der Waals surface area contributed by atoms with Crippen LogP contribution in [0.25, 0.3) is 0 Å². The maximum Gasteiger partial charge on any atom is 0.253 e. The number of piperidine rings is 1. The maximum absolute atomic E-state index is 12.7. The molecule has 1 aromatic carbocycles. The molecule has 1 saturated heterocycles. The molecular formula is C17H26N2O3S2. The summed E-state index contributed by atoms with van der Waals surface area (Å²) in [6.45, 7) is 6.01. The van der Waals surface area contributed by atoms with Gasteiger partial charge in [-0.2, -0.15) is 0 Å². The SMILES string of the molecule is CC(C)Sc1ccc(C(=O)N2CCC[C@H](CNS(C)(=O)=O)C2)cc1. The van der Waals surface area contributed by atoms with Crippen molar-refractivity contribution >= 4 is 27.7 Å². The van der Waals surface area contributed by atoms with Crippen molar-refractivity contribution in [3.63, 3.8) is 0 Å². The second kappa shape index (κ2) is 8.36. The molecule has 134 valence electrons. The van der Waals surface area contributed by atoms with Crippen LogP contribution in [0.4, 0.5) is 0 Å². The summed E-state index contributed by atoms with van der Waals surface area (Å²) in [4.78, 5) is 15.7. The fourth-order valence-corrected chi connectivity index (χ4v) is 4.19.